The highest BCUT2D eigenvalue weighted by atomic mass is 19.1. The molecule has 26 heavy (non-hydrogen) atoms. The van der Waals surface area contributed by atoms with Gasteiger partial charge in [-0.05, 0) is 24.3 Å². The second kappa shape index (κ2) is 7.36. The van der Waals surface area contributed by atoms with E-state index in [0.717, 1.165) is 6.20 Å². The molecule has 0 aliphatic heterocycles. The van der Waals surface area contributed by atoms with Gasteiger partial charge in [0.25, 0.3) is 5.91 Å². The van der Waals surface area contributed by atoms with E-state index in [2.05, 4.69) is 10.6 Å². The molecule has 0 fully saturated rings. The van der Waals surface area contributed by atoms with Crippen molar-refractivity contribution in [3.8, 4) is 11.8 Å². The Morgan fingerprint density at radius 1 is 1.00 bits per heavy atom. The summed E-state index contributed by atoms with van der Waals surface area (Å²) in [5.74, 6) is -1.05. The minimum Gasteiger partial charge on any atom is -0.507 e. The monoisotopic (exact) mass is 347 g/mol. The van der Waals surface area contributed by atoms with Crippen LogP contribution in [-0.4, -0.2) is 11.0 Å². The number of rotatable bonds is 4. The van der Waals surface area contributed by atoms with Gasteiger partial charge in [-0.2, -0.15) is 5.26 Å². The van der Waals surface area contributed by atoms with Crippen LogP contribution in [0.3, 0.4) is 0 Å². The number of phenols is 1. The number of nitriles is 1. The van der Waals surface area contributed by atoms with E-state index in [4.69, 9.17) is 0 Å². The summed E-state index contributed by atoms with van der Waals surface area (Å²) in [4.78, 5) is 12.4. The van der Waals surface area contributed by atoms with Gasteiger partial charge in [-0.15, -0.1) is 0 Å². The molecule has 128 valence electrons. The molecule has 5 nitrogen and oxygen atoms in total. The second-order valence-electron chi connectivity index (χ2n) is 5.43. The number of fused-ring (bicyclic) bond motifs is 1. The van der Waals surface area contributed by atoms with Crippen molar-refractivity contribution in [2.75, 3.05) is 10.6 Å². The molecule has 3 N–H and O–H groups in total. The summed E-state index contributed by atoms with van der Waals surface area (Å²) >= 11 is 0. The van der Waals surface area contributed by atoms with E-state index in [1.165, 1.54) is 18.2 Å². The average molecular weight is 347 g/mol. The predicted octanol–water partition coefficient (Wildman–Crippen LogP) is 4.14. The zero-order valence-electron chi connectivity index (χ0n) is 13.5. The number of carbonyl (C=O) groups is 1. The maximum absolute atomic E-state index is 13.6. The molecule has 0 spiro atoms. The zero-order valence-corrected chi connectivity index (χ0v) is 13.5. The molecule has 0 aromatic heterocycles. The summed E-state index contributed by atoms with van der Waals surface area (Å²) in [6.07, 6.45) is 1.15. The summed E-state index contributed by atoms with van der Waals surface area (Å²) < 4.78 is 13.6. The molecule has 3 aromatic rings. The standard InChI is InChI=1S/C20H14FN3O2/c21-16-7-1-2-8-18(16)23-12-13(11-22)20(26)24-17-9-3-6-15-14(17)5-4-10-19(15)25/h1-10,12,23,25H,(H,24,26)/b13-12-. The molecule has 0 heterocycles. The van der Waals surface area contributed by atoms with E-state index < -0.39 is 11.7 Å². The van der Waals surface area contributed by atoms with Crippen LogP contribution in [0.4, 0.5) is 15.8 Å². The minimum atomic E-state index is -0.646. The Balaban J connectivity index is 1.85. The number of hydrogen-bond acceptors (Lipinski definition) is 4. The molecule has 3 aromatic carbocycles. The van der Waals surface area contributed by atoms with E-state index >= 15 is 0 Å². The number of nitrogens with zero attached hydrogens (tertiary/aromatic N) is 1. The van der Waals surface area contributed by atoms with Crippen molar-refractivity contribution in [2.24, 2.45) is 0 Å². The number of benzene rings is 3. The molecule has 0 radical (unpaired) electrons. The van der Waals surface area contributed by atoms with Crippen LogP contribution in [0.2, 0.25) is 0 Å². The third-order valence-electron chi connectivity index (χ3n) is 3.76. The molecule has 0 saturated carbocycles. The Morgan fingerprint density at radius 3 is 2.46 bits per heavy atom. The van der Waals surface area contributed by atoms with Gasteiger partial charge in [0.15, 0.2) is 0 Å². The summed E-state index contributed by atoms with van der Waals surface area (Å²) in [5, 5.41) is 25.6. The number of nitrogens with one attached hydrogen (secondary N) is 2. The number of halogens is 1. The molecule has 0 bridgehead atoms. The first-order valence-electron chi connectivity index (χ1n) is 7.73. The quantitative estimate of drug-likeness (QED) is 0.489. The summed E-state index contributed by atoms with van der Waals surface area (Å²) in [5.41, 5.74) is 0.393. The zero-order chi connectivity index (χ0) is 18.5. The van der Waals surface area contributed by atoms with E-state index in [-0.39, 0.29) is 17.0 Å². The van der Waals surface area contributed by atoms with Gasteiger partial charge in [-0.3, -0.25) is 4.79 Å². The molecule has 0 atom stereocenters. The Bertz CT molecular complexity index is 1050. The third-order valence-corrected chi connectivity index (χ3v) is 3.76. The van der Waals surface area contributed by atoms with Gasteiger partial charge in [-0.1, -0.05) is 36.4 Å². The van der Waals surface area contributed by atoms with Gasteiger partial charge < -0.3 is 15.7 Å². The third kappa shape index (κ3) is 3.47. The SMILES string of the molecule is N#C/C(=C/Nc1ccccc1F)C(=O)Nc1cccc2c(O)cccc12. The van der Waals surface area contributed by atoms with Crippen LogP contribution in [-0.2, 0) is 4.79 Å². The van der Waals surface area contributed by atoms with Gasteiger partial charge in [-0.25, -0.2) is 4.39 Å². The minimum absolute atomic E-state index is 0.0934. The summed E-state index contributed by atoms with van der Waals surface area (Å²) in [6, 6.07) is 17.8. The summed E-state index contributed by atoms with van der Waals surface area (Å²) in [6.45, 7) is 0. The predicted molar refractivity (Wildman–Crippen MR) is 98.0 cm³/mol. The van der Waals surface area contributed by atoms with Gasteiger partial charge in [0, 0.05) is 22.7 Å². The van der Waals surface area contributed by atoms with E-state index in [0.29, 0.717) is 16.5 Å². The fourth-order valence-corrected chi connectivity index (χ4v) is 2.47. The van der Waals surface area contributed by atoms with Gasteiger partial charge in [0.1, 0.15) is 23.2 Å². The van der Waals surface area contributed by atoms with E-state index in [1.807, 2.05) is 0 Å². The van der Waals surface area contributed by atoms with Crippen molar-refractivity contribution in [3.63, 3.8) is 0 Å². The highest BCUT2D eigenvalue weighted by Gasteiger charge is 2.12. The molecule has 0 saturated heterocycles. The molecule has 0 unspecified atom stereocenters. The number of aromatic hydroxyl groups is 1. The van der Waals surface area contributed by atoms with Gasteiger partial charge >= 0.3 is 0 Å². The lowest BCUT2D eigenvalue weighted by Crippen LogP contribution is -2.15. The molecule has 0 aliphatic rings. The van der Waals surface area contributed by atoms with Crippen LogP contribution in [0.1, 0.15) is 0 Å². The fourth-order valence-electron chi connectivity index (χ4n) is 2.47. The van der Waals surface area contributed by atoms with Gasteiger partial charge in [0.2, 0.25) is 0 Å². The number of carbonyl (C=O) groups excluding carboxylic acids is 1. The highest BCUT2D eigenvalue weighted by molar-refractivity contribution is 6.11. The lowest BCUT2D eigenvalue weighted by molar-refractivity contribution is -0.112. The van der Waals surface area contributed by atoms with E-state index in [1.54, 1.807) is 48.5 Å². The average Bonchev–Trinajstić information content (AvgIpc) is 2.64. The molecular weight excluding hydrogens is 333 g/mol. The lowest BCUT2D eigenvalue weighted by atomic mass is 10.1. The van der Waals surface area contributed by atoms with Crippen LogP contribution in [0.25, 0.3) is 10.8 Å². The lowest BCUT2D eigenvalue weighted by Gasteiger charge is -2.09. The number of phenolic OH excluding ortho intramolecular Hbond substituents is 1. The van der Waals surface area contributed by atoms with Crippen molar-refractivity contribution in [3.05, 3.63) is 78.3 Å². The first kappa shape index (κ1) is 17.0. The first-order chi connectivity index (χ1) is 12.6. The Morgan fingerprint density at radius 2 is 1.69 bits per heavy atom. The van der Waals surface area contributed by atoms with Gasteiger partial charge in [0.05, 0.1) is 5.69 Å². The number of para-hydroxylation sites is 1. The maximum Gasteiger partial charge on any atom is 0.267 e. The van der Waals surface area contributed by atoms with E-state index in [9.17, 15) is 19.6 Å². The number of anilines is 2. The smallest absolute Gasteiger partial charge is 0.267 e. The van der Waals surface area contributed by atoms with Crippen molar-refractivity contribution < 1.29 is 14.3 Å². The molecule has 6 heteroatoms. The van der Waals surface area contributed by atoms with Crippen molar-refractivity contribution in [1.29, 1.82) is 5.26 Å². The summed E-state index contributed by atoms with van der Waals surface area (Å²) in [7, 11) is 0. The fraction of sp³-hybridized carbons (Fsp3) is 0. The maximum atomic E-state index is 13.6. The van der Waals surface area contributed by atoms with Crippen LogP contribution in [0, 0.1) is 17.1 Å². The van der Waals surface area contributed by atoms with Crippen LogP contribution < -0.4 is 10.6 Å². The largest absolute Gasteiger partial charge is 0.507 e. The van der Waals surface area contributed by atoms with Crippen LogP contribution in [0.15, 0.2) is 72.4 Å². The number of hydrogen-bond donors (Lipinski definition) is 3. The Kier molecular flexibility index (Phi) is 4.81. The molecular formula is C20H14FN3O2. The Hall–Kier alpha value is -3.85. The van der Waals surface area contributed by atoms with Crippen molar-refractivity contribution in [1.82, 2.24) is 0 Å². The molecule has 3 rings (SSSR count). The number of amides is 1. The topological polar surface area (TPSA) is 85.2 Å². The second-order valence-corrected chi connectivity index (χ2v) is 5.43. The Labute approximate surface area is 149 Å². The first-order valence-corrected chi connectivity index (χ1v) is 7.73. The van der Waals surface area contributed by atoms with Crippen molar-refractivity contribution in [2.45, 2.75) is 0 Å². The molecule has 0 aliphatic carbocycles. The van der Waals surface area contributed by atoms with Crippen molar-refractivity contribution >= 4 is 28.1 Å². The normalized spacial score (nSPS) is 11.0. The van der Waals surface area contributed by atoms with Crippen LogP contribution in [0.5, 0.6) is 5.75 Å². The highest BCUT2D eigenvalue weighted by Crippen LogP contribution is 2.30. The molecule has 1 amide bonds. The van der Waals surface area contributed by atoms with Crippen LogP contribution >= 0.6 is 0 Å².